The van der Waals surface area contributed by atoms with Crippen molar-refractivity contribution in [2.75, 3.05) is 0 Å². The largest absolute Gasteiger partial charge is 0.322 e. The predicted octanol–water partition coefficient (Wildman–Crippen LogP) is 5.53. The number of H-pyrrole nitrogens is 1. The van der Waals surface area contributed by atoms with Gasteiger partial charge in [0.05, 0.1) is 12.1 Å². The molecule has 182 valence electrons. The second-order valence-electron chi connectivity index (χ2n) is 10.5. The molecule has 7 heteroatoms. The lowest BCUT2D eigenvalue weighted by Crippen LogP contribution is -2.39. The minimum Gasteiger partial charge on any atom is -0.322 e. The Kier molecular flexibility index (Phi) is 6.82. The molecule has 0 saturated heterocycles. The van der Waals surface area contributed by atoms with E-state index in [0.29, 0.717) is 18.6 Å². The molecule has 1 aromatic carbocycles. The van der Waals surface area contributed by atoms with E-state index in [1.807, 2.05) is 0 Å². The molecule has 2 aliphatic carbocycles. The first-order chi connectivity index (χ1) is 16.5. The zero-order valence-electron chi connectivity index (χ0n) is 20.9. The van der Waals surface area contributed by atoms with Crippen LogP contribution < -0.4 is 5.56 Å². The van der Waals surface area contributed by atoms with E-state index in [9.17, 15) is 4.79 Å². The maximum absolute atomic E-state index is 13.2. The molecule has 0 spiro atoms. The number of fused-ring (bicyclic) bond motifs is 1. The molecule has 5 rings (SSSR count). The van der Waals surface area contributed by atoms with Gasteiger partial charge in [0.2, 0.25) is 0 Å². The molecule has 0 bridgehead atoms. The van der Waals surface area contributed by atoms with E-state index in [1.165, 1.54) is 56.1 Å². The van der Waals surface area contributed by atoms with Crippen molar-refractivity contribution in [1.82, 2.24) is 30.1 Å². The van der Waals surface area contributed by atoms with Crippen molar-refractivity contribution in [3.63, 3.8) is 0 Å². The highest BCUT2D eigenvalue weighted by molar-refractivity contribution is 5.80. The fourth-order valence-electron chi connectivity index (χ4n) is 6.14. The molecular weight excluding hydrogens is 424 g/mol. The van der Waals surface area contributed by atoms with Crippen molar-refractivity contribution in [3.8, 4) is 0 Å². The van der Waals surface area contributed by atoms with E-state index in [4.69, 9.17) is 0 Å². The number of aromatic nitrogens is 5. The summed E-state index contributed by atoms with van der Waals surface area (Å²) in [4.78, 5) is 18.9. The molecule has 2 aliphatic rings. The first-order valence-corrected chi connectivity index (χ1v) is 13.2. The van der Waals surface area contributed by atoms with Gasteiger partial charge in [-0.25, -0.2) is 4.68 Å². The lowest BCUT2D eigenvalue weighted by Gasteiger charge is -2.36. The Bertz CT molecular complexity index is 1190. The monoisotopic (exact) mass is 462 g/mol. The van der Waals surface area contributed by atoms with Crippen LogP contribution in [0.15, 0.2) is 23.0 Å². The van der Waals surface area contributed by atoms with Gasteiger partial charge in [0.25, 0.3) is 5.56 Å². The van der Waals surface area contributed by atoms with Crippen molar-refractivity contribution in [2.24, 2.45) is 0 Å². The summed E-state index contributed by atoms with van der Waals surface area (Å²) >= 11 is 0. The Hall–Kier alpha value is -2.54. The normalized spacial score (nSPS) is 18.8. The second kappa shape index (κ2) is 9.98. The van der Waals surface area contributed by atoms with E-state index < -0.39 is 0 Å². The van der Waals surface area contributed by atoms with Crippen LogP contribution in [0.4, 0.5) is 0 Å². The van der Waals surface area contributed by atoms with Crippen LogP contribution in [0.5, 0.6) is 0 Å². The molecule has 0 amide bonds. The third-order valence-corrected chi connectivity index (χ3v) is 8.21. The SMILES string of the molecule is CC[C@H](c1nnnn1C1CCCCC1)N(Cc1cc2cc(C)c(C)cc2[nH]c1=O)C1CCCC1. The van der Waals surface area contributed by atoms with Crippen molar-refractivity contribution in [3.05, 3.63) is 51.1 Å². The quantitative estimate of drug-likeness (QED) is 0.499. The van der Waals surface area contributed by atoms with Crippen molar-refractivity contribution in [1.29, 1.82) is 0 Å². The van der Waals surface area contributed by atoms with Crippen LogP contribution in [0, 0.1) is 13.8 Å². The molecule has 0 aliphatic heterocycles. The van der Waals surface area contributed by atoms with Gasteiger partial charge in [0.15, 0.2) is 5.82 Å². The number of tetrazole rings is 1. The number of nitrogens with zero attached hydrogens (tertiary/aromatic N) is 5. The average Bonchev–Trinajstić information content (AvgIpc) is 3.54. The Morgan fingerprint density at radius 2 is 1.74 bits per heavy atom. The molecule has 7 nitrogen and oxygen atoms in total. The topological polar surface area (TPSA) is 79.7 Å². The number of hydrogen-bond acceptors (Lipinski definition) is 5. The summed E-state index contributed by atoms with van der Waals surface area (Å²) in [6.45, 7) is 7.07. The van der Waals surface area contributed by atoms with E-state index in [0.717, 1.165) is 41.6 Å². The third-order valence-electron chi connectivity index (χ3n) is 8.21. The number of hydrogen-bond donors (Lipinski definition) is 1. The number of aromatic amines is 1. The van der Waals surface area contributed by atoms with E-state index in [-0.39, 0.29) is 11.6 Å². The molecule has 2 aromatic heterocycles. The van der Waals surface area contributed by atoms with Gasteiger partial charge in [-0.15, -0.1) is 5.10 Å². The Balaban J connectivity index is 1.51. The molecule has 1 N–H and O–H groups in total. The zero-order valence-corrected chi connectivity index (χ0v) is 20.9. The first kappa shape index (κ1) is 23.2. The first-order valence-electron chi connectivity index (χ1n) is 13.2. The lowest BCUT2D eigenvalue weighted by molar-refractivity contribution is 0.109. The number of pyridine rings is 1. The molecule has 34 heavy (non-hydrogen) atoms. The van der Waals surface area contributed by atoms with E-state index >= 15 is 0 Å². The fourth-order valence-corrected chi connectivity index (χ4v) is 6.14. The molecule has 0 unspecified atom stereocenters. The van der Waals surface area contributed by atoms with Crippen LogP contribution in [0.1, 0.15) is 106 Å². The maximum atomic E-state index is 13.2. The minimum atomic E-state index is 0.0143. The molecule has 3 aromatic rings. The van der Waals surface area contributed by atoms with Crippen LogP contribution in [-0.4, -0.2) is 36.1 Å². The van der Waals surface area contributed by atoms with Gasteiger partial charge < -0.3 is 4.98 Å². The van der Waals surface area contributed by atoms with Gasteiger partial charge in [0, 0.05) is 23.7 Å². The van der Waals surface area contributed by atoms with Crippen LogP contribution in [0.25, 0.3) is 10.9 Å². The van der Waals surface area contributed by atoms with Crippen LogP contribution in [0.2, 0.25) is 0 Å². The standard InChI is InChI=1S/C27H38N6O/c1-4-25(26-29-30-31-33(26)23-12-6-5-7-13-23)32(22-10-8-9-11-22)17-21-16-20-14-18(2)19(3)15-24(20)28-27(21)34/h14-16,22-23,25H,4-13,17H2,1-3H3,(H,28,34)/t25-/m1/s1. The summed E-state index contributed by atoms with van der Waals surface area (Å²) in [5, 5.41) is 14.3. The highest BCUT2D eigenvalue weighted by Gasteiger charge is 2.34. The molecule has 1 atom stereocenters. The Morgan fingerprint density at radius 1 is 1.03 bits per heavy atom. The summed E-state index contributed by atoms with van der Waals surface area (Å²) < 4.78 is 2.12. The average molecular weight is 463 g/mol. The number of benzene rings is 1. The lowest BCUT2D eigenvalue weighted by atomic mass is 9.95. The van der Waals surface area contributed by atoms with Crippen LogP contribution in [0.3, 0.4) is 0 Å². The number of rotatable bonds is 7. The van der Waals surface area contributed by atoms with Gasteiger partial charge in [-0.05, 0) is 91.1 Å². The maximum Gasteiger partial charge on any atom is 0.252 e. The summed E-state index contributed by atoms with van der Waals surface area (Å²) in [5.41, 5.74) is 4.20. The van der Waals surface area contributed by atoms with Crippen LogP contribution in [-0.2, 0) is 6.54 Å². The Labute approximate surface area is 201 Å². The van der Waals surface area contributed by atoms with Crippen LogP contribution >= 0.6 is 0 Å². The van der Waals surface area contributed by atoms with E-state index in [2.05, 4.69) is 69.1 Å². The van der Waals surface area contributed by atoms with Gasteiger partial charge in [0.1, 0.15) is 0 Å². The van der Waals surface area contributed by atoms with E-state index in [1.54, 1.807) is 0 Å². The molecular formula is C27H38N6O. The summed E-state index contributed by atoms with van der Waals surface area (Å²) in [7, 11) is 0. The smallest absolute Gasteiger partial charge is 0.252 e. The molecule has 2 heterocycles. The van der Waals surface area contributed by atoms with Gasteiger partial charge >= 0.3 is 0 Å². The Morgan fingerprint density at radius 3 is 2.47 bits per heavy atom. The second-order valence-corrected chi connectivity index (χ2v) is 10.5. The summed E-state index contributed by atoms with van der Waals surface area (Å²) in [5.74, 6) is 0.977. The number of nitrogens with one attached hydrogen (secondary N) is 1. The van der Waals surface area contributed by atoms with Crippen molar-refractivity contribution < 1.29 is 0 Å². The molecule has 0 radical (unpaired) electrons. The van der Waals surface area contributed by atoms with Gasteiger partial charge in [-0.3, -0.25) is 9.69 Å². The van der Waals surface area contributed by atoms with Gasteiger partial charge in [-0.1, -0.05) is 39.0 Å². The predicted molar refractivity (Wildman–Crippen MR) is 135 cm³/mol. The molecule has 2 fully saturated rings. The highest BCUT2D eigenvalue weighted by Crippen LogP contribution is 2.36. The fraction of sp³-hybridized carbons (Fsp3) is 0.630. The zero-order chi connectivity index (χ0) is 23.7. The number of aryl methyl sites for hydroxylation is 2. The highest BCUT2D eigenvalue weighted by atomic mass is 16.1. The summed E-state index contributed by atoms with van der Waals surface area (Å²) in [6, 6.07) is 7.32. The van der Waals surface area contributed by atoms with Crippen molar-refractivity contribution in [2.45, 2.75) is 110 Å². The third kappa shape index (κ3) is 4.54. The van der Waals surface area contributed by atoms with Crippen molar-refractivity contribution >= 4 is 10.9 Å². The molecule has 2 saturated carbocycles. The minimum absolute atomic E-state index is 0.0143. The summed E-state index contributed by atoms with van der Waals surface area (Å²) in [6.07, 6.45) is 11.9. The van der Waals surface area contributed by atoms with Gasteiger partial charge in [-0.2, -0.15) is 0 Å².